The highest BCUT2D eigenvalue weighted by Gasteiger charge is 2.13. The number of rotatable bonds is 7. The molecule has 1 aromatic rings. The molecule has 0 unspecified atom stereocenters. The Morgan fingerprint density at radius 2 is 2.29 bits per heavy atom. The molecule has 0 saturated heterocycles. The van der Waals surface area contributed by atoms with Gasteiger partial charge in [0.2, 0.25) is 0 Å². The summed E-state index contributed by atoms with van der Waals surface area (Å²) >= 11 is 1.67. The fourth-order valence-electron chi connectivity index (χ4n) is 1.62. The van der Waals surface area contributed by atoms with Gasteiger partial charge in [-0.15, -0.1) is 11.3 Å². The minimum atomic E-state index is -0.720. The van der Waals surface area contributed by atoms with Crippen molar-refractivity contribution in [1.29, 1.82) is 0 Å². The third-order valence-electron chi connectivity index (χ3n) is 2.76. The van der Waals surface area contributed by atoms with Crippen molar-refractivity contribution < 1.29 is 9.90 Å². The highest BCUT2D eigenvalue weighted by atomic mass is 32.1. The van der Waals surface area contributed by atoms with Gasteiger partial charge in [0.1, 0.15) is 0 Å². The van der Waals surface area contributed by atoms with Crippen LogP contribution in [0.3, 0.4) is 0 Å². The number of aliphatic carboxylic acids is 1. The zero-order valence-electron chi connectivity index (χ0n) is 10.6. The van der Waals surface area contributed by atoms with Gasteiger partial charge in [-0.2, -0.15) is 0 Å². The molecule has 0 saturated carbocycles. The minimum Gasteiger partial charge on any atom is -0.481 e. The summed E-state index contributed by atoms with van der Waals surface area (Å²) in [4.78, 5) is 18.3. The number of aryl methyl sites for hydroxylation is 1. The van der Waals surface area contributed by atoms with Gasteiger partial charge in [0.05, 0.1) is 11.2 Å². The summed E-state index contributed by atoms with van der Waals surface area (Å²) in [6, 6.07) is 0.422. The molecule has 0 aliphatic heterocycles. The molecule has 17 heavy (non-hydrogen) atoms. The average molecular weight is 256 g/mol. The van der Waals surface area contributed by atoms with Crippen LogP contribution in [0.25, 0.3) is 0 Å². The predicted octanol–water partition coefficient (Wildman–Crippen LogP) is 2.53. The van der Waals surface area contributed by atoms with Gasteiger partial charge in [0.25, 0.3) is 0 Å². The molecule has 0 aromatic carbocycles. The lowest BCUT2D eigenvalue weighted by atomic mass is 10.2. The van der Waals surface area contributed by atoms with Gasteiger partial charge in [-0.05, 0) is 33.7 Å². The summed E-state index contributed by atoms with van der Waals surface area (Å²) in [7, 11) is 0. The standard InChI is InChI=1S/C12H20N2O2S/c1-9(2)14(6-4-5-12(15)16)7-11-10(3)13-8-17-11/h8-9H,4-7H2,1-3H3,(H,15,16). The molecule has 0 fully saturated rings. The highest BCUT2D eigenvalue weighted by Crippen LogP contribution is 2.17. The van der Waals surface area contributed by atoms with Crippen molar-refractivity contribution in [2.24, 2.45) is 0 Å². The van der Waals surface area contributed by atoms with Gasteiger partial charge in [0.15, 0.2) is 0 Å². The van der Waals surface area contributed by atoms with Crippen LogP contribution in [0.4, 0.5) is 0 Å². The van der Waals surface area contributed by atoms with E-state index in [2.05, 4.69) is 23.7 Å². The second kappa shape index (κ2) is 6.71. The second-order valence-corrected chi connectivity index (χ2v) is 5.36. The number of hydrogen-bond acceptors (Lipinski definition) is 4. The van der Waals surface area contributed by atoms with Crippen LogP contribution in [0.15, 0.2) is 5.51 Å². The topological polar surface area (TPSA) is 53.4 Å². The largest absolute Gasteiger partial charge is 0.481 e. The molecule has 0 amide bonds. The molecule has 1 rings (SSSR count). The first kappa shape index (κ1) is 14.1. The van der Waals surface area contributed by atoms with Gasteiger partial charge in [0, 0.05) is 23.9 Å². The molecule has 0 atom stereocenters. The van der Waals surface area contributed by atoms with Crippen LogP contribution in [0.5, 0.6) is 0 Å². The number of nitrogens with zero attached hydrogens (tertiary/aromatic N) is 2. The van der Waals surface area contributed by atoms with Crippen molar-refractivity contribution in [3.63, 3.8) is 0 Å². The molecule has 4 nitrogen and oxygen atoms in total. The maximum absolute atomic E-state index is 10.5. The maximum Gasteiger partial charge on any atom is 0.303 e. The lowest BCUT2D eigenvalue weighted by Crippen LogP contribution is -2.31. The first-order valence-corrected chi connectivity index (χ1v) is 6.73. The quantitative estimate of drug-likeness (QED) is 0.814. The molecule has 0 aliphatic rings. The Morgan fingerprint density at radius 1 is 1.59 bits per heavy atom. The van der Waals surface area contributed by atoms with E-state index >= 15 is 0 Å². The molecule has 5 heteroatoms. The average Bonchev–Trinajstić information content (AvgIpc) is 2.62. The Kier molecular flexibility index (Phi) is 5.58. The number of hydrogen-bond donors (Lipinski definition) is 1. The van der Waals surface area contributed by atoms with Crippen molar-refractivity contribution in [2.45, 2.75) is 46.2 Å². The summed E-state index contributed by atoms with van der Waals surface area (Å²) in [5.74, 6) is -0.720. The molecular formula is C12H20N2O2S. The second-order valence-electron chi connectivity index (χ2n) is 4.42. The Labute approximate surface area is 106 Å². The highest BCUT2D eigenvalue weighted by molar-refractivity contribution is 7.09. The molecule has 1 aromatic heterocycles. The molecule has 96 valence electrons. The monoisotopic (exact) mass is 256 g/mol. The lowest BCUT2D eigenvalue weighted by molar-refractivity contribution is -0.137. The SMILES string of the molecule is Cc1ncsc1CN(CCCC(=O)O)C(C)C. The van der Waals surface area contributed by atoms with Crippen molar-refractivity contribution in [1.82, 2.24) is 9.88 Å². The fourth-order valence-corrected chi connectivity index (χ4v) is 2.42. The third kappa shape index (κ3) is 4.83. The van der Waals surface area contributed by atoms with E-state index in [9.17, 15) is 4.79 Å². The molecule has 1 N–H and O–H groups in total. The van der Waals surface area contributed by atoms with E-state index < -0.39 is 5.97 Å². The summed E-state index contributed by atoms with van der Waals surface area (Å²) in [5, 5.41) is 8.64. The zero-order valence-corrected chi connectivity index (χ0v) is 11.5. The number of aromatic nitrogens is 1. The Bertz CT molecular complexity index is 363. The minimum absolute atomic E-state index is 0.241. The molecule has 0 radical (unpaired) electrons. The Hall–Kier alpha value is -0.940. The zero-order chi connectivity index (χ0) is 12.8. The van der Waals surface area contributed by atoms with Crippen LogP contribution in [-0.4, -0.2) is 33.5 Å². The summed E-state index contributed by atoms with van der Waals surface area (Å²) < 4.78 is 0. The van der Waals surface area contributed by atoms with Gasteiger partial charge in [-0.1, -0.05) is 0 Å². The van der Waals surface area contributed by atoms with Crippen molar-refractivity contribution in [3.8, 4) is 0 Å². The van der Waals surface area contributed by atoms with Gasteiger partial charge in [-0.25, -0.2) is 4.98 Å². The van der Waals surface area contributed by atoms with Gasteiger partial charge in [-0.3, -0.25) is 9.69 Å². The molecular weight excluding hydrogens is 236 g/mol. The van der Waals surface area contributed by atoms with Crippen LogP contribution >= 0.6 is 11.3 Å². The van der Waals surface area contributed by atoms with Crippen molar-refractivity contribution in [3.05, 3.63) is 16.1 Å². The molecule has 0 bridgehead atoms. The van der Waals surface area contributed by atoms with E-state index in [1.54, 1.807) is 11.3 Å². The number of carbonyl (C=O) groups is 1. The van der Waals surface area contributed by atoms with Gasteiger partial charge < -0.3 is 5.11 Å². The molecule has 0 aliphatic carbocycles. The number of thiazole rings is 1. The summed E-state index contributed by atoms with van der Waals surface area (Å²) in [5.41, 5.74) is 2.94. The summed E-state index contributed by atoms with van der Waals surface area (Å²) in [6.07, 6.45) is 0.941. The smallest absolute Gasteiger partial charge is 0.303 e. The van der Waals surface area contributed by atoms with Crippen LogP contribution in [0, 0.1) is 6.92 Å². The molecule has 0 spiro atoms. The maximum atomic E-state index is 10.5. The summed E-state index contributed by atoms with van der Waals surface area (Å²) in [6.45, 7) is 7.98. The van der Waals surface area contributed by atoms with E-state index in [1.165, 1.54) is 4.88 Å². The van der Waals surface area contributed by atoms with E-state index in [-0.39, 0.29) is 6.42 Å². The lowest BCUT2D eigenvalue weighted by Gasteiger charge is -2.25. The Balaban J connectivity index is 2.49. The van der Waals surface area contributed by atoms with E-state index in [0.717, 1.165) is 18.8 Å². The number of carboxylic acid groups (broad SMARTS) is 1. The van der Waals surface area contributed by atoms with Crippen LogP contribution in [0.1, 0.15) is 37.3 Å². The van der Waals surface area contributed by atoms with Crippen LogP contribution in [0.2, 0.25) is 0 Å². The van der Waals surface area contributed by atoms with Crippen LogP contribution in [-0.2, 0) is 11.3 Å². The van der Waals surface area contributed by atoms with Crippen molar-refractivity contribution >= 4 is 17.3 Å². The van der Waals surface area contributed by atoms with E-state index in [1.807, 2.05) is 12.4 Å². The van der Waals surface area contributed by atoms with Crippen LogP contribution < -0.4 is 0 Å². The van der Waals surface area contributed by atoms with E-state index in [4.69, 9.17) is 5.11 Å². The van der Waals surface area contributed by atoms with Gasteiger partial charge >= 0.3 is 5.97 Å². The third-order valence-corrected chi connectivity index (χ3v) is 3.68. The normalized spacial score (nSPS) is 11.4. The first-order chi connectivity index (χ1) is 8.00. The first-order valence-electron chi connectivity index (χ1n) is 5.85. The van der Waals surface area contributed by atoms with E-state index in [0.29, 0.717) is 12.5 Å². The Morgan fingerprint density at radius 3 is 2.76 bits per heavy atom. The fraction of sp³-hybridized carbons (Fsp3) is 0.667. The number of carboxylic acids is 1. The van der Waals surface area contributed by atoms with Crippen molar-refractivity contribution in [2.75, 3.05) is 6.54 Å². The predicted molar refractivity (Wildman–Crippen MR) is 69.3 cm³/mol. The molecule has 1 heterocycles.